The van der Waals surface area contributed by atoms with E-state index in [9.17, 15) is 29.1 Å². The number of primary amides is 1. The van der Waals surface area contributed by atoms with Gasteiger partial charge < -0.3 is 25.9 Å². The van der Waals surface area contributed by atoms with E-state index >= 15 is 0 Å². The van der Waals surface area contributed by atoms with Crippen LogP contribution in [0.3, 0.4) is 0 Å². The molecule has 0 aromatic carbocycles. The maximum atomic E-state index is 13.8. The number of carbonyl (C=O) groups excluding carboxylic acids is 4. The Morgan fingerprint density at radius 2 is 2.09 bits per heavy atom. The van der Waals surface area contributed by atoms with Gasteiger partial charge in [0, 0.05) is 29.3 Å². The fourth-order valence-corrected chi connectivity index (χ4v) is 8.00. The maximum absolute atomic E-state index is 13.8. The number of carboxylic acid groups (broad SMARTS) is 1. The average molecular weight is 667 g/mol. The Hall–Kier alpha value is -3.23. The Bertz CT molecular complexity index is 1710. The first-order valence-electron chi connectivity index (χ1n) is 12.9. The summed E-state index contributed by atoms with van der Waals surface area (Å²) in [7, 11) is 1.65. The number of nitrogens with zero attached hydrogens (tertiary/aromatic N) is 7. The van der Waals surface area contributed by atoms with Crippen LogP contribution in [-0.2, 0) is 21.4 Å². The molecular weight excluding hydrogens is 644 g/mol. The number of carbonyl (C=O) groups is 4. The number of aryl methyl sites for hydroxylation is 1. The van der Waals surface area contributed by atoms with E-state index in [-0.39, 0.29) is 58.4 Å². The minimum Gasteiger partial charge on any atom is -0.543 e. The molecule has 224 valence electrons. The fourth-order valence-electron chi connectivity index (χ4n) is 4.85. The molecule has 5 heterocycles. The van der Waals surface area contributed by atoms with Gasteiger partial charge >= 0.3 is 35.6 Å². The number of aromatic amines is 1. The summed E-state index contributed by atoms with van der Waals surface area (Å²) in [6.07, 6.45) is 3.00. The van der Waals surface area contributed by atoms with Crippen LogP contribution < -0.4 is 56.2 Å². The number of rotatable bonds is 10. The number of hydrogen-bond acceptors (Lipinski definition) is 13. The number of carboxylic acids is 1. The van der Waals surface area contributed by atoms with Crippen molar-refractivity contribution in [3.63, 3.8) is 0 Å². The molecule has 2 fully saturated rings. The van der Waals surface area contributed by atoms with Crippen molar-refractivity contribution < 1.29 is 53.8 Å². The van der Waals surface area contributed by atoms with Gasteiger partial charge in [0.2, 0.25) is 11.1 Å². The molecule has 1 saturated heterocycles. The number of urea groups is 1. The van der Waals surface area contributed by atoms with Crippen LogP contribution in [0, 0.1) is 0 Å². The normalized spacial score (nSPS) is 19.8. The Morgan fingerprint density at radius 3 is 2.68 bits per heavy atom. The molecule has 0 spiro atoms. The number of nitrogens with one attached hydrogen (secondary N) is 2. The van der Waals surface area contributed by atoms with E-state index in [0.717, 1.165) is 34.0 Å². The first-order chi connectivity index (χ1) is 20.7. The van der Waals surface area contributed by atoms with Crippen LogP contribution in [0.5, 0.6) is 0 Å². The van der Waals surface area contributed by atoms with Crippen molar-refractivity contribution in [1.82, 2.24) is 40.4 Å². The number of β-lactam (4-membered cyclic amide) rings is 1. The van der Waals surface area contributed by atoms with Crippen molar-refractivity contribution in [2.75, 3.05) is 16.4 Å². The zero-order valence-corrected chi connectivity index (χ0v) is 27.8. The van der Waals surface area contributed by atoms with Crippen molar-refractivity contribution in [1.29, 1.82) is 0 Å². The summed E-state index contributed by atoms with van der Waals surface area (Å²) in [5.41, 5.74) is 5.03. The number of tetrazole rings is 1. The zero-order chi connectivity index (χ0) is 30.4. The predicted molar refractivity (Wildman–Crippen MR) is 153 cm³/mol. The second-order valence-corrected chi connectivity index (χ2v) is 12.9. The minimum atomic E-state index is -1.52. The monoisotopic (exact) mass is 666 g/mol. The number of H-pyrrole nitrogens is 1. The summed E-state index contributed by atoms with van der Waals surface area (Å²) < 4.78 is 1.44. The summed E-state index contributed by atoms with van der Waals surface area (Å²) in [6, 6.07) is -0.307. The summed E-state index contributed by atoms with van der Waals surface area (Å²) in [5, 5.41) is 27.4. The van der Waals surface area contributed by atoms with Gasteiger partial charge in [0.05, 0.1) is 17.9 Å². The minimum absolute atomic E-state index is 0. The van der Waals surface area contributed by atoms with E-state index in [1.165, 1.54) is 34.4 Å². The molecule has 2 aliphatic heterocycles. The average Bonchev–Trinajstić information content (AvgIpc) is 3.53. The van der Waals surface area contributed by atoms with Crippen LogP contribution in [0.1, 0.15) is 35.5 Å². The van der Waals surface area contributed by atoms with Gasteiger partial charge in [-0.1, -0.05) is 17.8 Å². The summed E-state index contributed by atoms with van der Waals surface area (Å²) in [4.78, 5) is 74.2. The Morgan fingerprint density at radius 1 is 1.32 bits per heavy atom. The predicted octanol–water partition coefficient (Wildman–Crippen LogP) is -3.94. The largest absolute Gasteiger partial charge is 1.00 e. The van der Waals surface area contributed by atoms with E-state index in [2.05, 4.69) is 30.8 Å². The topological polar surface area (TPSA) is 225 Å². The number of anilines is 1. The first-order valence-corrected chi connectivity index (χ1v) is 15.8. The number of aliphatic carboxylic acids is 1. The van der Waals surface area contributed by atoms with Crippen molar-refractivity contribution >= 4 is 64.4 Å². The third-order valence-electron chi connectivity index (χ3n) is 7.08. The maximum Gasteiger partial charge on any atom is 1.00 e. The van der Waals surface area contributed by atoms with Crippen LogP contribution in [0.25, 0.3) is 0 Å². The fraction of sp³-hybridized carbons (Fsp3) is 0.375. The molecule has 16 nitrogen and oxygen atoms in total. The molecule has 0 radical (unpaired) electrons. The molecule has 4 amide bonds. The summed E-state index contributed by atoms with van der Waals surface area (Å²) in [6.45, 7) is 0. The molecule has 4 N–H and O–H groups in total. The Labute approximate surface area is 283 Å². The molecule has 1 saturated carbocycles. The van der Waals surface area contributed by atoms with E-state index < -0.39 is 46.8 Å². The molecular formula is C24H23N10NaO6S3. The van der Waals surface area contributed by atoms with Crippen LogP contribution in [0.2, 0.25) is 0 Å². The van der Waals surface area contributed by atoms with Crippen molar-refractivity contribution in [3.8, 4) is 0 Å². The Kier molecular flexibility index (Phi) is 9.52. The summed E-state index contributed by atoms with van der Waals surface area (Å²) in [5.74, 6) is -1.87. The van der Waals surface area contributed by atoms with Gasteiger partial charge in [-0.2, -0.15) is 0 Å². The Balaban J connectivity index is 0.00000384. The number of amides is 4. The van der Waals surface area contributed by atoms with Crippen LogP contribution in [-0.4, -0.2) is 81.8 Å². The van der Waals surface area contributed by atoms with E-state index in [0.29, 0.717) is 21.4 Å². The molecule has 3 atom stereocenters. The number of hydrogen-bond donors (Lipinski definition) is 3. The van der Waals surface area contributed by atoms with E-state index in [1.54, 1.807) is 24.6 Å². The summed E-state index contributed by atoms with van der Waals surface area (Å²) >= 11 is 3.64. The third-order valence-corrected chi connectivity index (χ3v) is 10.4. The van der Waals surface area contributed by atoms with Gasteiger partial charge in [-0.25, -0.2) is 14.5 Å². The molecule has 3 aromatic rings. The standard InChI is InChI=1S/C24H24N10O6S3.Na/c1-32-24(29-30-31-32)43-9-11-8-42-21-14(20(37)34(21)15(11)22(38)39)27-19(36)16(13-3-2-6-41-13)33(23(25)40)12-7-26-17(10-4-5-10)28-18(12)35;/h2-3,6-7,10,14,16,21H,4-5,8-9H2,1H3,(H2,25,40)(H,27,36)(H,38,39)(H,26,28,35);/q;+1/p-1/t14?,16?,21-;/m1./s1. The third kappa shape index (κ3) is 6.03. The van der Waals surface area contributed by atoms with Gasteiger partial charge in [0.15, 0.2) is 6.04 Å². The van der Waals surface area contributed by atoms with Crippen molar-refractivity contribution in [3.05, 3.63) is 56.0 Å². The number of thiophene rings is 1. The van der Waals surface area contributed by atoms with Gasteiger partial charge in [0.1, 0.15) is 22.9 Å². The molecule has 3 aliphatic rings. The number of nitrogens with two attached hydrogens (primary N) is 1. The SMILES string of the molecule is Cn1nnnc1SCC1=C(C(=O)[O-])N2C(=O)C(NC(=O)C(c3cccs3)N(C(N)=O)c3cnc(C4CC4)[nH]c3=O)[C@H]2SC1.[Na+]. The number of fused-ring (bicyclic) bond motifs is 1. The molecule has 6 rings (SSSR count). The molecule has 44 heavy (non-hydrogen) atoms. The van der Waals surface area contributed by atoms with Gasteiger partial charge in [0.25, 0.3) is 11.5 Å². The van der Waals surface area contributed by atoms with E-state index in [4.69, 9.17) is 5.73 Å². The molecule has 20 heteroatoms. The molecule has 2 unspecified atom stereocenters. The quantitative estimate of drug-likeness (QED) is 0.107. The zero-order valence-electron chi connectivity index (χ0n) is 23.3. The van der Waals surface area contributed by atoms with Gasteiger partial charge in [-0.15, -0.1) is 28.2 Å². The number of thioether (sulfide) groups is 2. The molecule has 3 aromatic heterocycles. The van der Waals surface area contributed by atoms with Crippen LogP contribution >= 0.6 is 34.9 Å². The smallest absolute Gasteiger partial charge is 0.543 e. The van der Waals surface area contributed by atoms with Crippen LogP contribution in [0.4, 0.5) is 10.5 Å². The molecule has 0 bridgehead atoms. The van der Waals surface area contributed by atoms with Gasteiger partial charge in [-0.05, 0) is 40.3 Å². The van der Waals surface area contributed by atoms with Gasteiger partial charge in [-0.3, -0.25) is 24.2 Å². The second-order valence-electron chi connectivity index (χ2n) is 9.89. The van der Waals surface area contributed by atoms with Crippen molar-refractivity contribution in [2.45, 2.75) is 41.4 Å². The first kappa shape index (κ1) is 32.2. The molecule has 1 aliphatic carbocycles. The second kappa shape index (κ2) is 13.0. The number of aromatic nitrogens is 6. The van der Waals surface area contributed by atoms with Crippen molar-refractivity contribution in [2.24, 2.45) is 12.8 Å². The van der Waals surface area contributed by atoms with Crippen LogP contribution in [0.15, 0.2) is 44.9 Å². The van der Waals surface area contributed by atoms with E-state index in [1.807, 2.05) is 0 Å².